The summed E-state index contributed by atoms with van der Waals surface area (Å²) >= 11 is 6.57. The van der Waals surface area contributed by atoms with Crippen LogP contribution in [-0.2, 0) is 13.6 Å². The Balaban J connectivity index is 1.63. The first-order chi connectivity index (χ1) is 13.5. The van der Waals surface area contributed by atoms with Crippen LogP contribution in [0.2, 0.25) is 5.15 Å². The maximum Gasteiger partial charge on any atom is 0.131 e. The second-order valence-corrected chi connectivity index (χ2v) is 7.71. The SMILES string of the molecule is CC(C)[C@H](NCc1c(-c2ccccc2)nn(C)c1Cl)c1nc2ccccc2[nH]1. The molecular weight excluding hydrogens is 370 g/mol. The first-order valence-electron chi connectivity index (χ1n) is 9.49. The molecule has 2 aromatic heterocycles. The third-order valence-electron chi connectivity index (χ3n) is 4.98. The monoisotopic (exact) mass is 393 g/mol. The summed E-state index contributed by atoms with van der Waals surface area (Å²) in [4.78, 5) is 8.23. The predicted octanol–water partition coefficient (Wildman–Crippen LogP) is 5.10. The second kappa shape index (κ2) is 7.78. The molecule has 0 aliphatic carbocycles. The van der Waals surface area contributed by atoms with Gasteiger partial charge in [-0.1, -0.05) is 67.9 Å². The van der Waals surface area contributed by atoms with Gasteiger partial charge in [0, 0.05) is 24.7 Å². The Morgan fingerprint density at radius 1 is 1.07 bits per heavy atom. The average Bonchev–Trinajstić information content (AvgIpc) is 3.24. The molecule has 28 heavy (non-hydrogen) atoms. The van der Waals surface area contributed by atoms with Gasteiger partial charge >= 0.3 is 0 Å². The maximum absolute atomic E-state index is 6.57. The van der Waals surface area contributed by atoms with Crippen molar-refractivity contribution in [2.24, 2.45) is 13.0 Å². The lowest BCUT2D eigenvalue weighted by molar-refractivity contribution is 0.396. The second-order valence-electron chi connectivity index (χ2n) is 7.35. The fourth-order valence-corrected chi connectivity index (χ4v) is 3.71. The Kier molecular flexibility index (Phi) is 5.20. The molecule has 5 nitrogen and oxygen atoms in total. The number of nitrogens with one attached hydrogen (secondary N) is 2. The zero-order valence-corrected chi connectivity index (χ0v) is 17.0. The van der Waals surface area contributed by atoms with Gasteiger partial charge in [-0.25, -0.2) is 4.98 Å². The Labute approximate surface area is 169 Å². The van der Waals surface area contributed by atoms with E-state index in [-0.39, 0.29) is 6.04 Å². The van der Waals surface area contributed by atoms with Gasteiger partial charge in [0.1, 0.15) is 11.0 Å². The molecule has 6 heteroatoms. The molecule has 0 unspecified atom stereocenters. The molecule has 2 aromatic carbocycles. The van der Waals surface area contributed by atoms with Crippen molar-refractivity contribution in [3.05, 3.63) is 71.1 Å². The van der Waals surface area contributed by atoms with Crippen LogP contribution in [0.4, 0.5) is 0 Å². The number of aromatic amines is 1. The molecule has 0 fully saturated rings. The number of para-hydroxylation sites is 2. The Bertz CT molecular complexity index is 1050. The van der Waals surface area contributed by atoms with Crippen molar-refractivity contribution < 1.29 is 0 Å². The van der Waals surface area contributed by atoms with E-state index in [0.717, 1.165) is 33.7 Å². The van der Waals surface area contributed by atoms with Crippen molar-refractivity contribution in [1.82, 2.24) is 25.1 Å². The minimum atomic E-state index is 0.0762. The topological polar surface area (TPSA) is 58.5 Å². The van der Waals surface area contributed by atoms with E-state index >= 15 is 0 Å². The summed E-state index contributed by atoms with van der Waals surface area (Å²) in [7, 11) is 1.87. The zero-order chi connectivity index (χ0) is 19.7. The molecule has 2 N–H and O–H groups in total. The number of aromatic nitrogens is 4. The highest BCUT2D eigenvalue weighted by Gasteiger charge is 2.22. The van der Waals surface area contributed by atoms with Crippen LogP contribution in [0.25, 0.3) is 22.3 Å². The van der Waals surface area contributed by atoms with Gasteiger partial charge in [0.2, 0.25) is 0 Å². The number of halogens is 1. The smallest absolute Gasteiger partial charge is 0.131 e. The Morgan fingerprint density at radius 2 is 1.79 bits per heavy atom. The van der Waals surface area contributed by atoms with Crippen LogP contribution in [0.5, 0.6) is 0 Å². The van der Waals surface area contributed by atoms with Gasteiger partial charge in [0.05, 0.1) is 22.8 Å². The molecule has 0 radical (unpaired) electrons. The predicted molar refractivity (Wildman–Crippen MR) is 114 cm³/mol. The summed E-state index contributed by atoms with van der Waals surface area (Å²) in [5.74, 6) is 1.30. The molecule has 0 bridgehead atoms. The van der Waals surface area contributed by atoms with Crippen LogP contribution in [-0.4, -0.2) is 19.7 Å². The highest BCUT2D eigenvalue weighted by molar-refractivity contribution is 6.30. The molecule has 4 aromatic rings. The standard InChI is InChI=1S/C22H24ClN5/c1-14(2)19(22-25-17-11-7-8-12-18(17)26-22)24-13-16-20(27-28(3)21(16)23)15-9-5-4-6-10-15/h4-12,14,19,24H,13H2,1-3H3,(H,25,26)/t19-/m0/s1. The molecular formula is C22H24ClN5. The average molecular weight is 394 g/mol. The summed E-state index contributed by atoms with van der Waals surface area (Å²) in [5, 5.41) is 8.93. The highest BCUT2D eigenvalue weighted by Crippen LogP contribution is 2.30. The highest BCUT2D eigenvalue weighted by atomic mass is 35.5. The van der Waals surface area contributed by atoms with Crippen LogP contribution in [0.3, 0.4) is 0 Å². The normalized spacial score (nSPS) is 12.8. The fraction of sp³-hybridized carbons (Fsp3) is 0.273. The van der Waals surface area contributed by atoms with Crippen molar-refractivity contribution >= 4 is 22.6 Å². The van der Waals surface area contributed by atoms with Gasteiger partial charge < -0.3 is 10.3 Å². The van der Waals surface area contributed by atoms with E-state index in [9.17, 15) is 0 Å². The van der Waals surface area contributed by atoms with E-state index in [2.05, 4.69) is 47.4 Å². The molecule has 1 atom stereocenters. The van der Waals surface area contributed by atoms with E-state index in [0.29, 0.717) is 17.6 Å². The van der Waals surface area contributed by atoms with Crippen LogP contribution < -0.4 is 5.32 Å². The molecule has 0 aliphatic rings. The number of rotatable bonds is 6. The lowest BCUT2D eigenvalue weighted by Crippen LogP contribution is -2.26. The van der Waals surface area contributed by atoms with E-state index in [1.165, 1.54) is 0 Å². The van der Waals surface area contributed by atoms with Gasteiger partial charge in [0.25, 0.3) is 0 Å². The molecule has 0 aliphatic heterocycles. The van der Waals surface area contributed by atoms with E-state index in [1.54, 1.807) is 4.68 Å². The van der Waals surface area contributed by atoms with E-state index in [1.807, 2.05) is 43.4 Å². The molecule has 0 amide bonds. The van der Waals surface area contributed by atoms with Crippen molar-refractivity contribution in [2.45, 2.75) is 26.4 Å². The summed E-state index contributed by atoms with van der Waals surface area (Å²) in [5.41, 5.74) is 5.00. The number of H-pyrrole nitrogens is 1. The minimum absolute atomic E-state index is 0.0762. The van der Waals surface area contributed by atoms with E-state index < -0.39 is 0 Å². The summed E-state index contributed by atoms with van der Waals surface area (Å²) in [6.07, 6.45) is 0. The molecule has 2 heterocycles. The minimum Gasteiger partial charge on any atom is -0.341 e. The number of hydrogen-bond acceptors (Lipinski definition) is 3. The number of benzene rings is 2. The van der Waals surface area contributed by atoms with Gasteiger partial charge in [-0.15, -0.1) is 0 Å². The van der Waals surface area contributed by atoms with Gasteiger partial charge in [0.15, 0.2) is 0 Å². The van der Waals surface area contributed by atoms with Gasteiger partial charge in [-0.2, -0.15) is 5.10 Å². The summed E-state index contributed by atoms with van der Waals surface area (Å²) < 4.78 is 1.73. The fourth-order valence-electron chi connectivity index (χ4n) is 3.51. The van der Waals surface area contributed by atoms with Crippen LogP contribution >= 0.6 is 11.6 Å². The number of fused-ring (bicyclic) bond motifs is 1. The van der Waals surface area contributed by atoms with Crippen LogP contribution in [0.1, 0.15) is 31.3 Å². The number of nitrogens with zero attached hydrogens (tertiary/aromatic N) is 3. The van der Waals surface area contributed by atoms with Crippen molar-refractivity contribution in [3.63, 3.8) is 0 Å². The third-order valence-corrected chi connectivity index (χ3v) is 5.46. The largest absolute Gasteiger partial charge is 0.341 e. The molecule has 144 valence electrons. The first kappa shape index (κ1) is 18.7. The van der Waals surface area contributed by atoms with Gasteiger partial charge in [-0.05, 0) is 18.1 Å². The van der Waals surface area contributed by atoms with Crippen molar-refractivity contribution in [3.8, 4) is 11.3 Å². The molecule has 4 rings (SSSR count). The Hall–Kier alpha value is -2.63. The first-order valence-corrected chi connectivity index (χ1v) is 9.87. The molecule has 0 saturated carbocycles. The number of hydrogen-bond donors (Lipinski definition) is 2. The molecule has 0 saturated heterocycles. The van der Waals surface area contributed by atoms with Crippen molar-refractivity contribution in [1.29, 1.82) is 0 Å². The lowest BCUT2D eigenvalue weighted by atomic mass is 10.0. The zero-order valence-electron chi connectivity index (χ0n) is 16.3. The summed E-state index contributed by atoms with van der Waals surface area (Å²) in [6.45, 7) is 4.98. The maximum atomic E-state index is 6.57. The lowest BCUT2D eigenvalue weighted by Gasteiger charge is -2.20. The Morgan fingerprint density at radius 3 is 2.50 bits per heavy atom. The summed E-state index contributed by atoms with van der Waals surface area (Å²) in [6, 6.07) is 18.3. The van der Waals surface area contributed by atoms with Crippen LogP contribution in [0.15, 0.2) is 54.6 Å². The van der Waals surface area contributed by atoms with E-state index in [4.69, 9.17) is 16.6 Å². The van der Waals surface area contributed by atoms with Crippen molar-refractivity contribution in [2.75, 3.05) is 0 Å². The molecule has 0 spiro atoms. The number of imidazole rings is 1. The van der Waals surface area contributed by atoms with Gasteiger partial charge in [-0.3, -0.25) is 4.68 Å². The third kappa shape index (κ3) is 3.55. The number of aryl methyl sites for hydroxylation is 1. The quantitative estimate of drug-likeness (QED) is 0.479. The van der Waals surface area contributed by atoms with Crippen LogP contribution in [0, 0.1) is 5.92 Å².